The first kappa shape index (κ1) is 12.8. The predicted molar refractivity (Wildman–Crippen MR) is 72.2 cm³/mol. The molecule has 6 nitrogen and oxygen atoms in total. The minimum absolute atomic E-state index is 0.131. The van der Waals surface area contributed by atoms with E-state index in [2.05, 4.69) is 34.2 Å². The lowest BCUT2D eigenvalue weighted by atomic mass is 10.0. The minimum Gasteiger partial charge on any atom is -0.368 e. The second kappa shape index (κ2) is 5.30. The molecule has 2 rings (SSSR count). The smallest absolute Gasteiger partial charge is 0.163 e. The highest BCUT2D eigenvalue weighted by molar-refractivity contribution is 5.85. The fraction of sp³-hybridized carbons (Fsp3) is 0.583. The maximum atomic E-state index is 6.05. The van der Waals surface area contributed by atoms with Gasteiger partial charge in [0.05, 0.1) is 11.6 Å². The molecule has 0 radical (unpaired) electrons. The number of nitrogens with two attached hydrogens (primary N) is 1. The number of hydrogen-bond donors (Lipinski definition) is 2. The van der Waals surface area contributed by atoms with Gasteiger partial charge in [0, 0.05) is 19.6 Å². The van der Waals surface area contributed by atoms with Crippen molar-refractivity contribution in [3.8, 4) is 0 Å². The molecule has 0 saturated heterocycles. The fourth-order valence-corrected chi connectivity index (χ4v) is 2.02. The summed E-state index contributed by atoms with van der Waals surface area (Å²) in [5.74, 6) is 1.40. The number of hydrogen-bond acceptors (Lipinski definition) is 5. The van der Waals surface area contributed by atoms with Crippen molar-refractivity contribution in [1.29, 1.82) is 0 Å². The van der Waals surface area contributed by atoms with Gasteiger partial charge in [0.15, 0.2) is 5.65 Å². The zero-order valence-electron chi connectivity index (χ0n) is 11.1. The average molecular weight is 248 g/mol. The number of nitrogens with one attached hydrogen (secondary N) is 1. The van der Waals surface area contributed by atoms with Crippen molar-refractivity contribution in [2.24, 2.45) is 18.7 Å². The lowest BCUT2D eigenvalue weighted by molar-refractivity contribution is 0.508. The van der Waals surface area contributed by atoms with Crippen LogP contribution in [0.3, 0.4) is 0 Å². The molecule has 2 aromatic rings. The molecule has 0 amide bonds. The fourth-order valence-electron chi connectivity index (χ4n) is 2.02. The van der Waals surface area contributed by atoms with E-state index >= 15 is 0 Å². The summed E-state index contributed by atoms with van der Waals surface area (Å²) in [5.41, 5.74) is 6.87. The molecule has 0 aliphatic carbocycles. The third kappa shape index (κ3) is 2.76. The van der Waals surface area contributed by atoms with Gasteiger partial charge in [0.25, 0.3) is 0 Å². The molecule has 2 aromatic heterocycles. The Morgan fingerprint density at radius 2 is 2.17 bits per heavy atom. The van der Waals surface area contributed by atoms with Crippen LogP contribution in [0.2, 0.25) is 0 Å². The van der Waals surface area contributed by atoms with Crippen LogP contribution in [0.1, 0.15) is 20.3 Å². The SMILES string of the molecule is CC(C)CC(N)CNc1ncnc2c1cnn2C. The second-order valence-electron chi connectivity index (χ2n) is 5.00. The molecule has 1 atom stereocenters. The largest absolute Gasteiger partial charge is 0.368 e. The molecular weight excluding hydrogens is 228 g/mol. The lowest BCUT2D eigenvalue weighted by Gasteiger charge is -2.15. The Hall–Kier alpha value is -1.69. The lowest BCUT2D eigenvalue weighted by Crippen LogP contribution is -2.30. The van der Waals surface area contributed by atoms with Crippen molar-refractivity contribution in [3.05, 3.63) is 12.5 Å². The highest BCUT2D eigenvalue weighted by atomic mass is 15.3. The van der Waals surface area contributed by atoms with Crippen LogP contribution >= 0.6 is 0 Å². The Morgan fingerprint density at radius 1 is 1.39 bits per heavy atom. The maximum absolute atomic E-state index is 6.05. The van der Waals surface area contributed by atoms with Crippen LogP contribution in [0.4, 0.5) is 5.82 Å². The molecule has 6 heteroatoms. The van der Waals surface area contributed by atoms with E-state index in [0.717, 1.165) is 23.3 Å². The van der Waals surface area contributed by atoms with E-state index in [1.165, 1.54) is 0 Å². The summed E-state index contributed by atoms with van der Waals surface area (Å²) >= 11 is 0. The van der Waals surface area contributed by atoms with Crippen LogP contribution in [0.15, 0.2) is 12.5 Å². The third-order valence-corrected chi connectivity index (χ3v) is 2.84. The molecule has 1 unspecified atom stereocenters. The summed E-state index contributed by atoms with van der Waals surface area (Å²) in [6, 6.07) is 0.131. The molecule has 0 aromatic carbocycles. The van der Waals surface area contributed by atoms with E-state index in [1.807, 2.05) is 7.05 Å². The summed E-state index contributed by atoms with van der Waals surface area (Å²) in [6.45, 7) is 5.05. The van der Waals surface area contributed by atoms with Gasteiger partial charge in [-0.15, -0.1) is 0 Å². The van der Waals surface area contributed by atoms with E-state index in [-0.39, 0.29) is 6.04 Å². The molecule has 98 valence electrons. The molecular formula is C12H20N6. The van der Waals surface area contributed by atoms with E-state index in [4.69, 9.17) is 5.73 Å². The van der Waals surface area contributed by atoms with Gasteiger partial charge >= 0.3 is 0 Å². The van der Waals surface area contributed by atoms with Gasteiger partial charge in [-0.25, -0.2) is 9.97 Å². The van der Waals surface area contributed by atoms with E-state index in [0.29, 0.717) is 12.5 Å². The van der Waals surface area contributed by atoms with Crippen LogP contribution in [0.25, 0.3) is 11.0 Å². The highest BCUT2D eigenvalue weighted by Crippen LogP contribution is 2.17. The standard InChI is InChI=1S/C12H20N6/c1-8(2)4-9(13)5-14-11-10-6-17-18(3)12(10)16-7-15-11/h6-9H,4-5,13H2,1-3H3,(H,14,15,16). The molecule has 0 fully saturated rings. The van der Waals surface area contributed by atoms with Crippen LogP contribution < -0.4 is 11.1 Å². The molecule has 3 N–H and O–H groups in total. The normalized spacial score (nSPS) is 13.2. The monoisotopic (exact) mass is 248 g/mol. The van der Waals surface area contributed by atoms with Gasteiger partial charge in [-0.05, 0) is 12.3 Å². The summed E-state index contributed by atoms with van der Waals surface area (Å²) in [4.78, 5) is 8.44. The molecule has 18 heavy (non-hydrogen) atoms. The van der Waals surface area contributed by atoms with Gasteiger partial charge in [0.1, 0.15) is 12.1 Å². The van der Waals surface area contributed by atoms with Crippen LogP contribution in [-0.2, 0) is 7.05 Å². The maximum Gasteiger partial charge on any atom is 0.163 e. The number of aromatic nitrogens is 4. The van der Waals surface area contributed by atoms with Crippen LogP contribution in [0.5, 0.6) is 0 Å². The van der Waals surface area contributed by atoms with Gasteiger partial charge in [-0.3, -0.25) is 4.68 Å². The molecule has 2 heterocycles. The molecule has 0 spiro atoms. The van der Waals surface area contributed by atoms with E-state index in [9.17, 15) is 0 Å². The second-order valence-corrected chi connectivity index (χ2v) is 5.00. The quantitative estimate of drug-likeness (QED) is 0.829. The Labute approximate surface area is 107 Å². The summed E-state index contributed by atoms with van der Waals surface area (Å²) in [6.07, 6.45) is 4.31. The predicted octanol–water partition coefficient (Wildman–Crippen LogP) is 1.15. The molecule has 0 aliphatic heterocycles. The van der Waals surface area contributed by atoms with Crippen molar-refractivity contribution in [2.75, 3.05) is 11.9 Å². The summed E-state index contributed by atoms with van der Waals surface area (Å²) < 4.78 is 1.73. The molecule has 0 saturated carbocycles. The Morgan fingerprint density at radius 3 is 2.89 bits per heavy atom. The minimum atomic E-state index is 0.131. The Balaban J connectivity index is 2.08. The number of anilines is 1. The number of rotatable bonds is 5. The Kier molecular flexibility index (Phi) is 3.76. The Bertz CT molecular complexity index is 518. The van der Waals surface area contributed by atoms with Crippen LogP contribution in [0, 0.1) is 5.92 Å². The summed E-state index contributed by atoms with van der Waals surface area (Å²) in [7, 11) is 1.86. The molecule has 0 aliphatic rings. The molecule has 0 bridgehead atoms. The van der Waals surface area contributed by atoms with Gasteiger partial charge in [-0.1, -0.05) is 13.8 Å². The van der Waals surface area contributed by atoms with Crippen LogP contribution in [-0.4, -0.2) is 32.3 Å². The number of aryl methyl sites for hydroxylation is 1. The first-order chi connectivity index (χ1) is 8.58. The topological polar surface area (TPSA) is 81.7 Å². The van der Waals surface area contributed by atoms with Crippen molar-refractivity contribution in [2.45, 2.75) is 26.3 Å². The number of nitrogens with zero attached hydrogens (tertiary/aromatic N) is 4. The zero-order valence-corrected chi connectivity index (χ0v) is 11.1. The highest BCUT2D eigenvalue weighted by Gasteiger charge is 2.09. The number of fused-ring (bicyclic) bond motifs is 1. The first-order valence-electron chi connectivity index (χ1n) is 6.20. The third-order valence-electron chi connectivity index (χ3n) is 2.84. The average Bonchev–Trinajstić information content (AvgIpc) is 2.68. The van der Waals surface area contributed by atoms with E-state index < -0.39 is 0 Å². The zero-order chi connectivity index (χ0) is 13.1. The summed E-state index contributed by atoms with van der Waals surface area (Å²) in [5, 5.41) is 8.38. The first-order valence-corrected chi connectivity index (χ1v) is 6.20. The van der Waals surface area contributed by atoms with Gasteiger partial charge < -0.3 is 11.1 Å². The van der Waals surface area contributed by atoms with Crippen molar-refractivity contribution >= 4 is 16.9 Å². The van der Waals surface area contributed by atoms with Gasteiger partial charge in [0.2, 0.25) is 0 Å². The van der Waals surface area contributed by atoms with Crippen molar-refractivity contribution in [3.63, 3.8) is 0 Å². The van der Waals surface area contributed by atoms with Gasteiger partial charge in [-0.2, -0.15) is 5.10 Å². The van der Waals surface area contributed by atoms with E-state index in [1.54, 1.807) is 17.2 Å². The van der Waals surface area contributed by atoms with Crippen molar-refractivity contribution < 1.29 is 0 Å². The van der Waals surface area contributed by atoms with Crippen molar-refractivity contribution in [1.82, 2.24) is 19.7 Å².